The normalized spacial score (nSPS) is 21.1. The van der Waals surface area contributed by atoms with Gasteiger partial charge in [0, 0.05) is 18.0 Å². The minimum atomic E-state index is -0.0322. The van der Waals surface area contributed by atoms with E-state index in [0.717, 1.165) is 30.2 Å². The van der Waals surface area contributed by atoms with Crippen LogP contribution in [0.25, 0.3) is 0 Å². The third-order valence-electron chi connectivity index (χ3n) is 4.76. The smallest absolute Gasteiger partial charge is 0.240 e. The molecule has 4 heteroatoms. The van der Waals surface area contributed by atoms with Gasteiger partial charge in [-0.1, -0.05) is 45.2 Å². The summed E-state index contributed by atoms with van der Waals surface area (Å²) >= 11 is 0. The van der Waals surface area contributed by atoms with Crippen molar-refractivity contribution in [1.82, 2.24) is 15.0 Å². The lowest BCUT2D eigenvalue weighted by Gasteiger charge is -2.28. The van der Waals surface area contributed by atoms with E-state index in [1.54, 1.807) is 0 Å². The molecule has 1 heterocycles. The van der Waals surface area contributed by atoms with Crippen molar-refractivity contribution in [3.05, 3.63) is 11.7 Å². The summed E-state index contributed by atoms with van der Waals surface area (Å²) in [4.78, 5) is 7.20. The molecule has 0 saturated heterocycles. The summed E-state index contributed by atoms with van der Waals surface area (Å²) in [6.07, 6.45) is 9.74. The van der Waals surface area contributed by atoms with Gasteiger partial charge >= 0.3 is 0 Å². The lowest BCUT2D eigenvalue weighted by atomic mass is 9.89. The summed E-state index contributed by atoms with van der Waals surface area (Å²) < 4.78 is 5.49. The topological polar surface area (TPSA) is 42.2 Å². The average Bonchev–Trinajstić information content (AvgIpc) is 3.17. The van der Waals surface area contributed by atoms with Gasteiger partial charge < -0.3 is 4.52 Å². The van der Waals surface area contributed by atoms with Crippen molar-refractivity contribution in [3.8, 4) is 0 Å². The van der Waals surface area contributed by atoms with Gasteiger partial charge in [-0.2, -0.15) is 4.98 Å². The maximum atomic E-state index is 5.49. The van der Waals surface area contributed by atoms with E-state index < -0.39 is 0 Å². The Morgan fingerprint density at radius 3 is 2.38 bits per heavy atom. The van der Waals surface area contributed by atoms with Gasteiger partial charge in [0.05, 0.1) is 6.54 Å². The molecule has 0 N–H and O–H groups in total. The Morgan fingerprint density at radius 1 is 1.10 bits per heavy atom. The molecule has 0 aliphatic heterocycles. The highest BCUT2D eigenvalue weighted by atomic mass is 16.5. The van der Waals surface area contributed by atoms with Crippen LogP contribution in [0.15, 0.2) is 4.52 Å². The molecule has 2 aliphatic rings. The van der Waals surface area contributed by atoms with Gasteiger partial charge in [-0.25, -0.2) is 0 Å². The van der Waals surface area contributed by atoms with Crippen LogP contribution in [-0.2, 0) is 12.0 Å². The number of rotatable bonds is 5. The molecule has 0 aromatic carbocycles. The summed E-state index contributed by atoms with van der Waals surface area (Å²) in [5.74, 6) is 2.50. The lowest BCUT2D eigenvalue weighted by molar-refractivity contribution is 0.166. The molecule has 3 rings (SSSR count). The first-order valence-electron chi connectivity index (χ1n) is 8.59. The number of nitrogens with zero attached hydrogens (tertiary/aromatic N) is 3. The van der Waals surface area contributed by atoms with Crippen LogP contribution < -0.4 is 0 Å². The van der Waals surface area contributed by atoms with E-state index in [-0.39, 0.29) is 5.41 Å². The van der Waals surface area contributed by atoms with Crippen molar-refractivity contribution in [2.45, 2.75) is 83.7 Å². The minimum Gasteiger partial charge on any atom is -0.338 e. The minimum absolute atomic E-state index is 0.0322. The Labute approximate surface area is 128 Å². The predicted octanol–water partition coefficient (Wildman–Crippen LogP) is 3.91. The Hall–Kier alpha value is -0.900. The summed E-state index contributed by atoms with van der Waals surface area (Å²) in [6.45, 7) is 8.44. The van der Waals surface area contributed by atoms with E-state index in [1.807, 2.05) is 0 Å². The maximum Gasteiger partial charge on any atom is 0.240 e. The first-order valence-corrected chi connectivity index (χ1v) is 8.59. The highest BCUT2D eigenvalue weighted by molar-refractivity contribution is 5.00. The predicted molar refractivity (Wildman–Crippen MR) is 83.0 cm³/mol. The first-order chi connectivity index (χ1) is 10.0. The lowest BCUT2D eigenvalue weighted by Crippen LogP contribution is -2.32. The van der Waals surface area contributed by atoms with Gasteiger partial charge in [0.1, 0.15) is 0 Å². The first kappa shape index (κ1) is 15.0. The Morgan fingerprint density at radius 2 is 1.81 bits per heavy atom. The Bertz CT molecular complexity index is 453. The summed E-state index contributed by atoms with van der Waals surface area (Å²) in [5.41, 5.74) is -0.0322. The molecule has 2 fully saturated rings. The maximum absolute atomic E-state index is 5.49. The van der Waals surface area contributed by atoms with Crippen LogP contribution >= 0.6 is 0 Å². The fourth-order valence-corrected chi connectivity index (χ4v) is 3.28. The quantitative estimate of drug-likeness (QED) is 0.825. The van der Waals surface area contributed by atoms with E-state index >= 15 is 0 Å². The van der Waals surface area contributed by atoms with E-state index in [9.17, 15) is 0 Å². The molecule has 2 aliphatic carbocycles. The zero-order valence-corrected chi connectivity index (χ0v) is 13.8. The van der Waals surface area contributed by atoms with Crippen molar-refractivity contribution in [2.24, 2.45) is 5.92 Å². The fourth-order valence-electron chi connectivity index (χ4n) is 3.28. The van der Waals surface area contributed by atoms with Crippen LogP contribution in [0.5, 0.6) is 0 Å². The third kappa shape index (κ3) is 4.06. The molecule has 0 atom stereocenters. The van der Waals surface area contributed by atoms with Gasteiger partial charge in [-0.15, -0.1) is 0 Å². The molecule has 118 valence electrons. The zero-order valence-electron chi connectivity index (χ0n) is 13.8. The standard InChI is InChI=1S/C17H29N3O/c1-17(2,3)16-18-15(21-19-16)12-20(14-9-10-14)11-13-7-5-4-6-8-13/h13-14H,4-12H2,1-3H3. The SMILES string of the molecule is CC(C)(C)c1noc(CN(CC2CCCCC2)C2CC2)n1. The highest BCUT2D eigenvalue weighted by Crippen LogP contribution is 2.32. The van der Waals surface area contributed by atoms with E-state index in [1.165, 1.54) is 51.5 Å². The second-order valence-electron chi connectivity index (χ2n) is 7.93. The molecule has 1 aromatic heterocycles. The zero-order chi connectivity index (χ0) is 14.9. The van der Waals surface area contributed by atoms with Crippen LogP contribution in [0, 0.1) is 5.92 Å². The number of aromatic nitrogens is 2. The van der Waals surface area contributed by atoms with Crippen molar-refractivity contribution in [2.75, 3.05) is 6.54 Å². The summed E-state index contributed by atoms with van der Waals surface area (Å²) in [5, 5.41) is 4.15. The van der Waals surface area contributed by atoms with Gasteiger partial charge in [0.15, 0.2) is 5.82 Å². The van der Waals surface area contributed by atoms with Gasteiger partial charge in [-0.05, 0) is 31.6 Å². The van der Waals surface area contributed by atoms with Crippen LogP contribution in [0.4, 0.5) is 0 Å². The van der Waals surface area contributed by atoms with Crippen LogP contribution in [0.3, 0.4) is 0 Å². The average molecular weight is 291 g/mol. The number of hydrogen-bond acceptors (Lipinski definition) is 4. The fraction of sp³-hybridized carbons (Fsp3) is 0.882. The molecule has 0 amide bonds. The van der Waals surface area contributed by atoms with Crippen LogP contribution in [-0.4, -0.2) is 27.6 Å². The van der Waals surface area contributed by atoms with Crippen molar-refractivity contribution >= 4 is 0 Å². The molecule has 1 aromatic rings. The molecule has 21 heavy (non-hydrogen) atoms. The molecular weight excluding hydrogens is 262 g/mol. The number of hydrogen-bond donors (Lipinski definition) is 0. The van der Waals surface area contributed by atoms with Crippen molar-refractivity contribution in [3.63, 3.8) is 0 Å². The second kappa shape index (κ2) is 6.07. The third-order valence-corrected chi connectivity index (χ3v) is 4.76. The van der Waals surface area contributed by atoms with Crippen LogP contribution in [0.1, 0.15) is 77.4 Å². The van der Waals surface area contributed by atoms with Crippen LogP contribution in [0.2, 0.25) is 0 Å². The van der Waals surface area contributed by atoms with E-state index in [2.05, 4.69) is 35.8 Å². The Kier molecular flexibility index (Phi) is 4.34. The van der Waals surface area contributed by atoms with Gasteiger partial charge in [-0.3, -0.25) is 4.90 Å². The molecule has 4 nitrogen and oxygen atoms in total. The monoisotopic (exact) mass is 291 g/mol. The molecule has 0 radical (unpaired) electrons. The largest absolute Gasteiger partial charge is 0.338 e. The second-order valence-corrected chi connectivity index (χ2v) is 7.93. The molecule has 0 spiro atoms. The molecule has 0 bridgehead atoms. The van der Waals surface area contributed by atoms with E-state index in [0.29, 0.717) is 0 Å². The Balaban J connectivity index is 1.61. The summed E-state index contributed by atoms with van der Waals surface area (Å²) in [6, 6.07) is 0.761. The molecular formula is C17H29N3O. The van der Waals surface area contributed by atoms with Crippen molar-refractivity contribution in [1.29, 1.82) is 0 Å². The van der Waals surface area contributed by atoms with Gasteiger partial charge in [0.25, 0.3) is 0 Å². The summed E-state index contributed by atoms with van der Waals surface area (Å²) in [7, 11) is 0. The molecule has 2 saturated carbocycles. The van der Waals surface area contributed by atoms with Crippen molar-refractivity contribution < 1.29 is 4.52 Å². The van der Waals surface area contributed by atoms with Gasteiger partial charge in [0.2, 0.25) is 5.89 Å². The highest BCUT2D eigenvalue weighted by Gasteiger charge is 2.32. The molecule has 0 unspecified atom stereocenters. The van der Waals surface area contributed by atoms with E-state index in [4.69, 9.17) is 4.52 Å².